The van der Waals surface area contributed by atoms with E-state index in [2.05, 4.69) is 79.9 Å². The number of ether oxygens (including phenoxy) is 1. The quantitative estimate of drug-likeness (QED) is 0.130. The van der Waals surface area contributed by atoms with Crippen molar-refractivity contribution >= 4 is 58.3 Å². The van der Waals surface area contributed by atoms with Crippen LogP contribution in [0.1, 0.15) is 134 Å². The fourth-order valence-electron chi connectivity index (χ4n) is 13.9. The molecular formula is C58H75N11O6. The molecule has 6 aliphatic heterocycles. The first-order chi connectivity index (χ1) is 36.3. The first-order valence-corrected chi connectivity index (χ1v) is 28.3. The summed E-state index contributed by atoms with van der Waals surface area (Å²) in [5.74, 6) is 1.52. The maximum absolute atomic E-state index is 15.4. The van der Waals surface area contributed by atoms with Crippen LogP contribution in [0.4, 0.5) is 17.3 Å². The van der Waals surface area contributed by atoms with Gasteiger partial charge in [-0.2, -0.15) is 0 Å². The normalized spacial score (nSPS) is 25.9. The van der Waals surface area contributed by atoms with Crippen molar-refractivity contribution in [2.24, 2.45) is 11.3 Å². The van der Waals surface area contributed by atoms with Gasteiger partial charge in [-0.25, -0.2) is 15.0 Å². The molecule has 75 heavy (non-hydrogen) atoms. The van der Waals surface area contributed by atoms with Crippen LogP contribution in [0.15, 0.2) is 48.9 Å². The van der Waals surface area contributed by atoms with Gasteiger partial charge in [0.15, 0.2) is 5.82 Å². The number of likely N-dealkylation sites (N-methyl/N-ethyl adjacent to an activating group) is 1. The van der Waals surface area contributed by atoms with E-state index in [9.17, 15) is 19.2 Å². The van der Waals surface area contributed by atoms with Gasteiger partial charge in [-0.3, -0.25) is 24.1 Å². The molecule has 17 heteroatoms. The standard InChI is InChI=1S/C58H75N11O6/c1-36(2)68-35-61-48-31-47(63-52(51(48)68)62-40-9-10-40)38-7-13-46-49(28-38)69(42-29-41(30-42)67-33-43-11-12-44(34-67)75-43)56(74)58(46)19-25-66(26-20-58)55(73)57(3)17-23-65(24-18-57)54(72)37-15-21-64(22-16-37)50-14-8-39(32-60-50)45(6-5-27-70)53(71)59-4/h7-8,13-14,27-28,31-32,35-37,40-45H,5-6,9-12,15-26,29-30,33-34H2,1-4H3,(H,59,71)(H,62,63). The average molecular weight is 1020 g/mol. The summed E-state index contributed by atoms with van der Waals surface area (Å²) < 4.78 is 8.39. The number of anilines is 3. The van der Waals surface area contributed by atoms with E-state index in [1.54, 1.807) is 13.2 Å². The molecule has 2 aliphatic carbocycles. The van der Waals surface area contributed by atoms with Crippen LogP contribution < -0.4 is 20.4 Å². The number of carbonyl (C=O) groups excluding carboxylic acids is 5. The molecule has 8 aliphatic rings. The predicted molar refractivity (Wildman–Crippen MR) is 286 cm³/mol. The summed E-state index contributed by atoms with van der Waals surface area (Å²) in [6, 6.07) is 13.7. The summed E-state index contributed by atoms with van der Waals surface area (Å²) in [6.45, 7) is 11.9. The maximum atomic E-state index is 15.4. The highest BCUT2D eigenvalue weighted by Gasteiger charge is 2.57. The molecule has 2 saturated carbocycles. The number of hydrogen-bond donors (Lipinski definition) is 2. The van der Waals surface area contributed by atoms with Crippen molar-refractivity contribution in [3.05, 3.63) is 60.0 Å². The third-order valence-electron chi connectivity index (χ3n) is 18.8. The van der Waals surface area contributed by atoms with Crippen molar-refractivity contribution < 1.29 is 28.7 Å². The van der Waals surface area contributed by atoms with Crippen molar-refractivity contribution in [2.45, 2.75) is 158 Å². The number of morpholine rings is 1. The molecule has 1 aromatic carbocycles. The van der Waals surface area contributed by atoms with Crippen LogP contribution in [0.5, 0.6) is 0 Å². The van der Waals surface area contributed by atoms with E-state index >= 15 is 4.79 Å². The average Bonchev–Trinajstić information content (AvgIpc) is 3.95. The Labute approximate surface area is 440 Å². The highest BCUT2D eigenvalue weighted by Crippen LogP contribution is 2.53. The second-order valence-corrected chi connectivity index (χ2v) is 23.9. The molecule has 398 valence electrons. The van der Waals surface area contributed by atoms with Crippen molar-refractivity contribution in [2.75, 3.05) is 74.5 Å². The number of nitrogens with one attached hydrogen (secondary N) is 2. The second kappa shape index (κ2) is 19.9. The molecular weight excluding hydrogens is 947 g/mol. The molecule has 0 radical (unpaired) electrons. The van der Waals surface area contributed by atoms with E-state index in [4.69, 9.17) is 14.7 Å². The van der Waals surface area contributed by atoms with Crippen molar-refractivity contribution in [1.82, 2.24) is 39.5 Å². The number of benzene rings is 1. The van der Waals surface area contributed by atoms with Crippen LogP contribution in [-0.2, 0) is 34.1 Å². The topological polar surface area (TPSA) is 178 Å². The lowest BCUT2D eigenvalue weighted by molar-refractivity contribution is -0.150. The highest BCUT2D eigenvalue weighted by molar-refractivity contribution is 6.09. The van der Waals surface area contributed by atoms with Gasteiger partial charge in [0.25, 0.3) is 0 Å². The molecule has 7 fully saturated rings. The molecule has 2 N–H and O–H groups in total. The molecule has 1 spiro atoms. The van der Waals surface area contributed by atoms with Gasteiger partial charge in [0.05, 0.1) is 41.1 Å². The van der Waals surface area contributed by atoms with Gasteiger partial charge in [-0.05, 0) is 127 Å². The number of nitrogens with zero attached hydrogens (tertiary/aromatic N) is 9. The molecule has 4 aromatic rings. The number of piperidine rings is 3. The summed E-state index contributed by atoms with van der Waals surface area (Å²) in [5, 5.41) is 6.40. The largest absolute Gasteiger partial charge is 0.372 e. The lowest BCUT2D eigenvalue weighted by Crippen LogP contribution is -2.60. The van der Waals surface area contributed by atoms with Gasteiger partial charge in [-0.15, -0.1) is 0 Å². The molecule has 2 bridgehead atoms. The van der Waals surface area contributed by atoms with E-state index in [1.165, 1.54) is 0 Å². The van der Waals surface area contributed by atoms with E-state index in [-0.39, 0.29) is 41.6 Å². The molecule has 12 rings (SSSR count). The van der Waals surface area contributed by atoms with Gasteiger partial charge in [0, 0.05) is 119 Å². The SMILES string of the molecule is CNC(=O)C(CCC=O)c1ccc(N2CCC(C(=O)N3CCC(C)(C(=O)N4CCC5(CC4)C(=O)N(C4CC(N6CC7CCC(C6)O7)C4)c4cc(-c6cc7ncn(C(C)C)c7c(NC7CC7)n6)ccc45)CC3)CC2)nc1. The number of likely N-dealkylation sites (tertiary alicyclic amines) is 3. The summed E-state index contributed by atoms with van der Waals surface area (Å²) in [7, 11) is 1.60. The third kappa shape index (κ3) is 9.16. The lowest BCUT2D eigenvalue weighted by atomic mass is 9.72. The van der Waals surface area contributed by atoms with Crippen molar-refractivity contribution in [3.63, 3.8) is 0 Å². The number of carbonyl (C=O) groups is 5. The minimum atomic E-state index is -0.709. The molecule has 3 unspecified atom stereocenters. The monoisotopic (exact) mass is 1020 g/mol. The molecule has 4 amide bonds. The molecule has 17 nitrogen and oxygen atoms in total. The van der Waals surface area contributed by atoms with Crippen LogP contribution >= 0.6 is 0 Å². The molecule has 5 saturated heterocycles. The number of fused-ring (bicyclic) bond motifs is 5. The van der Waals surface area contributed by atoms with Crippen molar-refractivity contribution in [3.8, 4) is 11.3 Å². The van der Waals surface area contributed by atoms with Gasteiger partial charge >= 0.3 is 0 Å². The number of amides is 4. The Kier molecular flexibility index (Phi) is 13.2. The van der Waals surface area contributed by atoms with Gasteiger partial charge in [0.1, 0.15) is 17.6 Å². The lowest BCUT2D eigenvalue weighted by Gasteiger charge is -2.49. The van der Waals surface area contributed by atoms with E-state index in [0.29, 0.717) is 102 Å². The third-order valence-corrected chi connectivity index (χ3v) is 18.8. The number of aromatic nitrogens is 4. The van der Waals surface area contributed by atoms with Crippen LogP contribution in [0, 0.1) is 11.3 Å². The number of imidazole rings is 1. The summed E-state index contributed by atoms with van der Waals surface area (Å²) in [5.41, 5.74) is 5.31. The molecule has 9 heterocycles. The summed E-state index contributed by atoms with van der Waals surface area (Å²) in [6.07, 6.45) is 16.1. The summed E-state index contributed by atoms with van der Waals surface area (Å²) in [4.78, 5) is 93.4. The Bertz CT molecular complexity index is 2820. The number of hydrogen-bond acceptors (Lipinski definition) is 12. The maximum Gasteiger partial charge on any atom is 0.238 e. The van der Waals surface area contributed by atoms with Crippen LogP contribution in [0.2, 0.25) is 0 Å². The molecule has 3 aromatic heterocycles. The smallest absolute Gasteiger partial charge is 0.238 e. The minimum absolute atomic E-state index is 0.0844. The summed E-state index contributed by atoms with van der Waals surface area (Å²) >= 11 is 0. The Morgan fingerprint density at radius 1 is 0.853 bits per heavy atom. The zero-order valence-electron chi connectivity index (χ0n) is 44.3. The fraction of sp³-hybridized carbons (Fsp3) is 0.621. The van der Waals surface area contributed by atoms with Gasteiger partial charge < -0.3 is 44.3 Å². The first kappa shape index (κ1) is 49.9. The Morgan fingerprint density at radius 3 is 2.23 bits per heavy atom. The second-order valence-electron chi connectivity index (χ2n) is 23.9. The number of aldehydes is 1. The Hall–Kier alpha value is -5.94. The van der Waals surface area contributed by atoms with E-state index in [1.807, 2.05) is 28.3 Å². The highest BCUT2D eigenvalue weighted by atomic mass is 16.5. The zero-order chi connectivity index (χ0) is 51.8. The number of pyridine rings is 2. The van der Waals surface area contributed by atoms with Gasteiger partial charge in [-0.1, -0.05) is 25.1 Å². The zero-order valence-corrected chi connectivity index (χ0v) is 44.3. The van der Waals surface area contributed by atoms with Crippen molar-refractivity contribution in [1.29, 1.82) is 0 Å². The van der Waals surface area contributed by atoms with Crippen LogP contribution in [0.25, 0.3) is 22.3 Å². The van der Waals surface area contributed by atoms with E-state index < -0.39 is 16.7 Å². The van der Waals surface area contributed by atoms with E-state index in [0.717, 1.165) is 121 Å². The van der Waals surface area contributed by atoms with Crippen LogP contribution in [-0.4, -0.2) is 154 Å². The molecule has 3 atom stereocenters. The van der Waals surface area contributed by atoms with Crippen LogP contribution in [0.3, 0.4) is 0 Å². The minimum Gasteiger partial charge on any atom is -0.372 e. The Morgan fingerprint density at radius 2 is 1.57 bits per heavy atom. The predicted octanol–water partition coefficient (Wildman–Crippen LogP) is 6.60. The number of rotatable bonds is 14. The fourth-order valence-corrected chi connectivity index (χ4v) is 13.9. The first-order valence-electron chi connectivity index (χ1n) is 28.3. The Balaban J connectivity index is 0.708. The van der Waals surface area contributed by atoms with Gasteiger partial charge in [0.2, 0.25) is 23.6 Å².